The smallest absolute Gasteiger partial charge is 0.323 e. The number of amides is 1. The maximum Gasteiger partial charge on any atom is 0.323 e. The lowest BCUT2D eigenvalue weighted by Gasteiger charge is -2.33. The maximum atomic E-state index is 12.7. The van der Waals surface area contributed by atoms with Gasteiger partial charge in [-0.3, -0.25) is 9.59 Å². The fraction of sp³-hybridized carbons (Fsp3) is 0.857. The van der Waals surface area contributed by atoms with Gasteiger partial charge in [0.05, 0.1) is 0 Å². The number of nitrogens with zero attached hydrogens (tertiary/aromatic N) is 1. The molecule has 2 rings (SSSR count). The monoisotopic (exact) mass is 253 g/mol. The first kappa shape index (κ1) is 13.4. The molecule has 2 aliphatic carbocycles. The van der Waals surface area contributed by atoms with E-state index < -0.39 is 5.97 Å². The van der Waals surface area contributed by atoms with Crippen molar-refractivity contribution in [3.05, 3.63) is 0 Å². The minimum atomic E-state index is -0.895. The van der Waals surface area contributed by atoms with Gasteiger partial charge in [-0.2, -0.15) is 0 Å². The van der Waals surface area contributed by atoms with Crippen LogP contribution in [0.4, 0.5) is 0 Å². The van der Waals surface area contributed by atoms with Crippen molar-refractivity contribution in [2.24, 2.45) is 11.3 Å². The highest BCUT2D eigenvalue weighted by Gasteiger charge is 2.43. The molecule has 0 saturated heterocycles. The molecule has 1 amide bonds. The van der Waals surface area contributed by atoms with Gasteiger partial charge in [0.1, 0.15) is 6.54 Å². The van der Waals surface area contributed by atoms with E-state index in [1.165, 1.54) is 0 Å². The number of hydrogen-bond donors (Lipinski definition) is 1. The molecule has 1 N–H and O–H groups in total. The number of carboxylic acids is 1. The molecular weight excluding hydrogens is 230 g/mol. The van der Waals surface area contributed by atoms with Crippen LogP contribution in [-0.4, -0.2) is 35.0 Å². The van der Waals surface area contributed by atoms with Crippen LogP contribution in [0.2, 0.25) is 0 Å². The van der Waals surface area contributed by atoms with Crippen LogP contribution in [0.1, 0.15) is 51.9 Å². The topological polar surface area (TPSA) is 57.6 Å². The minimum Gasteiger partial charge on any atom is -0.480 e. The van der Waals surface area contributed by atoms with Gasteiger partial charge in [0.25, 0.3) is 0 Å². The highest BCUT2D eigenvalue weighted by Crippen LogP contribution is 2.43. The quantitative estimate of drug-likeness (QED) is 0.790. The van der Waals surface area contributed by atoms with Crippen LogP contribution in [0.25, 0.3) is 0 Å². The van der Waals surface area contributed by atoms with E-state index in [0.717, 1.165) is 44.9 Å². The zero-order valence-electron chi connectivity index (χ0n) is 11.2. The van der Waals surface area contributed by atoms with Gasteiger partial charge in [0.15, 0.2) is 0 Å². The maximum absolute atomic E-state index is 12.7. The van der Waals surface area contributed by atoms with Crippen LogP contribution in [0.5, 0.6) is 0 Å². The lowest BCUT2D eigenvalue weighted by Crippen LogP contribution is -2.45. The van der Waals surface area contributed by atoms with Gasteiger partial charge in [-0.25, -0.2) is 0 Å². The Morgan fingerprint density at radius 3 is 2.33 bits per heavy atom. The summed E-state index contributed by atoms with van der Waals surface area (Å²) in [6.07, 6.45) is 7.19. The molecule has 4 heteroatoms. The fourth-order valence-electron chi connectivity index (χ4n) is 3.10. The van der Waals surface area contributed by atoms with Crippen molar-refractivity contribution in [3.8, 4) is 0 Å². The van der Waals surface area contributed by atoms with Crippen LogP contribution in [-0.2, 0) is 9.59 Å². The number of carbonyl (C=O) groups is 2. The van der Waals surface area contributed by atoms with Gasteiger partial charge < -0.3 is 10.0 Å². The Bertz CT molecular complexity index is 330. The van der Waals surface area contributed by atoms with Crippen molar-refractivity contribution in [3.63, 3.8) is 0 Å². The Morgan fingerprint density at radius 2 is 1.89 bits per heavy atom. The molecule has 2 fully saturated rings. The molecule has 0 aromatic carbocycles. The summed E-state index contributed by atoms with van der Waals surface area (Å²) in [5.74, 6) is -0.256. The van der Waals surface area contributed by atoms with Crippen LogP contribution in [0, 0.1) is 11.3 Å². The third kappa shape index (κ3) is 2.85. The van der Waals surface area contributed by atoms with E-state index in [1.807, 2.05) is 0 Å². The van der Waals surface area contributed by atoms with Gasteiger partial charge in [0, 0.05) is 12.0 Å². The van der Waals surface area contributed by atoms with Crippen LogP contribution in [0.3, 0.4) is 0 Å². The molecule has 102 valence electrons. The Morgan fingerprint density at radius 1 is 1.28 bits per heavy atom. The van der Waals surface area contributed by atoms with Crippen molar-refractivity contribution in [2.75, 3.05) is 13.1 Å². The van der Waals surface area contributed by atoms with Gasteiger partial charge >= 0.3 is 5.97 Å². The second-order valence-corrected chi connectivity index (χ2v) is 5.86. The molecule has 0 bridgehead atoms. The number of carbonyl (C=O) groups excluding carboxylic acids is 1. The van der Waals surface area contributed by atoms with Crippen molar-refractivity contribution in [1.29, 1.82) is 0 Å². The van der Waals surface area contributed by atoms with Crippen molar-refractivity contribution >= 4 is 11.9 Å². The molecule has 0 aromatic rings. The third-order valence-corrected chi connectivity index (χ3v) is 4.48. The Kier molecular flexibility index (Phi) is 3.93. The van der Waals surface area contributed by atoms with Gasteiger partial charge in [0.2, 0.25) is 5.91 Å². The largest absolute Gasteiger partial charge is 0.480 e. The zero-order valence-corrected chi connectivity index (χ0v) is 11.2. The van der Waals surface area contributed by atoms with Crippen molar-refractivity contribution in [1.82, 2.24) is 4.90 Å². The first-order valence-electron chi connectivity index (χ1n) is 7.08. The SMILES string of the molecule is CCC1(C(=O)N(CC(=O)O)CC2CC2)CCCC1. The van der Waals surface area contributed by atoms with Gasteiger partial charge in [-0.15, -0.1) is 0 Å². The summed E-state index contributed by atoms with van der Waals surface area (Å²) in [6.45, 7) is 2.57. The summed E-state index contributed by atoms with van der Waals surface area (Å²) >= 11 is 0. The van der Waals surface area contributed by atoms with E-state index in [1.54, 1.807) is 4.90 Å². The number of carboxylic acid groups (broad SMARTS) is 1. The first-order chi connectivity index (χ1) is 8.57. The molecule has 4 nitrogen and oxygen atoms in total. The highest BCUT2D eigenvalue weighted by atomic mass is 16.4. The fourth-order valence-corrected chi connectivity index (χ4v) is 3.10. The number of rotatable bonds is 6. The summed E-state index contributed by atoms with van der Waals surface area (Å²) in [7, 11) is 0. The predicted octanol–water partition coefficient (Wildman–Crippen LogP) is 2.28. The summed E-state index contributed by atoms with van der Waals surface area (Å²) in [6, 6.07) is 0. The van der Waals surface area contributed by atoms with Gasteiger partial charge in [-0.1, -0.05) is 19.8 Å². The zero-order chi connectivity index (χ0) is 13.2. The normalized spacial score (nSPS) is 21.8. The average Bonchev–Trinajstić information content (AvgIpc) is 3.02. The molecule has 18 heavy (non-hydrogen) atoms. The molecule has 2 aliphatic rings. The molecule has 0 aromatic heterocycles. The molecule has 0 heterocycles. The lowest BCUT2D eigenvalue weighted by molar-refractivity contribution is -0.150. The van der Waals surface area contributed by atoms with E-state index >= 15 is 0 Å². The molecule has 0 aliphatic heterocycles. The summed E-state index contributed by atoms with van der Waals surface area (Å²) in [4.78, 5) is 25.2. The summed E-state index contributed by atoms with van der Waals surface area (Å²) in [5, 5.41) is 8.97. The standard InChI is InChI=1S/C14H23NO3/c1-2-14(7-3-4-8-14)13(18)15(10-12(16)17)9-11-5-6-11/h11H,2-10H2,1H3,(H,16,17). The number of hydrogen-bond acceptors (Lipinski definition) is 2. The second-order valence-electron chi connectivity index (χ2n) is 5.86. The first-order valence-corrected chi connectivity index (χ1v) is 7.08. The van der Waals surface area contributed by atoms with E-state index in [0.29, 0.717) is 12.5 Å². The molecule has 0 atom stereocenters. The van der Waals surface area contributed by atoms with Crippen molar-refractivity contribution < 1.29 is 14.7 Å². The van der Waals surface area contributed by atoms with Gasteiger partial charge in [-0.05, 0) is 38.0 Å². The molecule has 0 spiro atoms. The minimum absolute atomic E-state index is 0.0943. The molecular formula is C14H23NO3. The predicted molar refractivity (Wildman–Crippen MR) is 68.1 cm³/mol. The lowest BCUT2D eigenvalue weighted by atomic mass is 9.81. The van der Waals surface area contributed by atoms with Crippen molar-refractivity contribution in [2.45, 2.75) is 51.9 Å². The second kappa shape index (κ2) is 5.29. The molecule has 0 unspecified atom stereocenters. The Hall–Kier alpha value is -1.06. The van der Waals surface area contributed by atoms with Crippen LogP contribution in [0.15, 0.2) is 0 Å². The van der Waals surface area contributed by atoms with E-state index in [2.05, 4.69) is 6.92 Å². The van der Waals surface area contributed by atoms with E-state index in [-0.39, 0.29) is 17.9 Å². The summed E-state index contributed by atoms with van der Waals surface area (Å²) < 4.78 is 0. The number of aliphatic carboxylic acids is 1. The Balaban J connectivity index is 2.07. The molecule has 2 saturated carbocycles. The third-order valence-electron chi connectivity index (χ3n) is 4.48. The van der Waals surface area contributed by atoms with E-state index in [9.17, 15) is 9.59 Å². The highest BCUT2D eigenvalue weighted by molar-refractivity contribution is 5.86. The summed E-state index contributed by atoms with van der Waals surface area (Å²) in [5.41, 5.74) is -0.260. The Labute approximate surface area is 108 Å². The van der Waals surface area contributed by atoms with Crippen LogP contribution >= 0.6 is 0 Å². The van der Waals surface area contributed by atoms with E-state index in [4.69, 9.17) is 5.11 Å². The molecule has 0 radical (unpaired) electrons. The van der Waals surface area contributed by atoms with Crippen LogP contribution < -0.4 is 0 Å². The average molecular weight is 253 g/mol.